The predicted molar refractivity (Wildman–Crippen MR) is 78.8 cm³/mol. The van der Waals surface area contributed by atoms with Crippen LogP contribution < -0.4 is 0 Å². The Hall–Kier alpha value is -2.96. The lowest BCUT2D eigenvalue weighted by Gasteiger charge is -2.28. The first-order chi connectivity index (χ1) is 10.8. The van der Waals surface area contributed by atoms with Crippen LogP contribution in [-0.4, -0.2) is 34.0 Å². The predicted octanol–water partition coefficient (Wildman–Crippen LogP) is 2.19. The molecule has 0 unspecified atom stereocenters. The molecule has 3 rings (SSSR count). The van der Waals surface area contributed by atoms with Gasteiger partial charge in [0, 0.05) is 11.1 Å². The van der Waals surface area contributed by atoms with Gasteiger partial charge in [-0.05, 0) is 19.9 Å². The quantitative estimate of drug-likeness (QED) is 0.537. The molecule has 0 aromatic heterocycles. The molecule has 0 fully saturated rings. The van der Waals surface area contributed by atoms with Crippen molar-refractivity contribution in [3.05, 3.63) is 33.8 Å². The van der Waals surface area contributed by atoms with E-state index in [4.69, 9.17) is 9.47 Å². The number of carbonyl (C=O) groups excluding carboxylic acids is 2. The first kappa shape index (κ1) is 15.0. The van der Waals surface area contributed by atoms with E-state index in [0.29, 0.717) is 5.76 Å². The van der Waals surface area contributed by atoms with Crippen LogP contribution in [0.4, 0.5) is 0 Å². The zero-order chi connectivity index (χ0) is 17.0. The molecule has 0 spiro atoms. The van der Waals surface area contributed by atoms with Crippen molar-refractivity contribution in [2.45, 2.75) is 20.0 Å². The van der Waals surface area contributed by atoms with Gasteiger partial charge in [0.05, 0.1) is 24.0 Å². The zero-order valence-electron chi connectivity index (χ0n) is 12.6. The van der Waals surface area contributed by atoms with Gasteiger partial charge in [0.15, 0.2) is 5.76 Å². The fourth-order valence-electron chi connectivity index (χ4n) is 2.97. The van der Waals surface area contributed by atoms with Crippen LogP contribution in [0.1, 0.15) is 47.0 Å². The number of carbonyl (C=O) groups is 2. The second-order valence-electron chi connectivity index (χ2n) is 5.33. The molecule has 1 aliphatic heterocycles. The van der Waals surface area contributed by atoms with Gasteiger partial charge in [0.2, 0.25) is 11.5 Å². The fourth-order valence-corrected chi connectivity index (χ4v) is 2.97. The molecular weight excluding hydrogens is 304 g/mol. The Kier molecular flexibility index (Phi) is 3.10. The SMILES string of the molecule is COC1=C(O)c2c(O)c3c(c(O)c2C(=O)C1=O)C=C(C)O[C@@H]3C. The van der Waals surface area contributed by atoms with Crippen LogP contribution >= 0.6 is 0 Å². The topological polar surface area (TPSA) is 113 Å². The number of aliphatic hydroxyl groups is 1. The molecule has 120 valence electrons. The van der Waals surface area contributed by atoms with Crippen LogP contribution in [-0.2, 0) is 14.3 Å². The van der Waals surface area contributed by atoms with Crippen LogP contribution in [0.5, 0.6) is 11.5 Å². The van der Waals surface area contributed by atoms with Crippen LogP contribution in [0, 0.1) is 0 Å². The number of hydrogen-bond donors (Lipinski definition) is 3. The molecule has 2 aliphatic rings. The van der Waals surface area contributed by atoms with Gasteiger partial charge in [-0.25, -0.2) is 0 Å². The van der Waals surface area contributed by atoms with Gasteiger partial charge in [-0.3, -0.25) is 9.59 Å². The molecule has 0 saturated carbocycles. The minimum absolute atomic E-state index is 0.187. The third-order valence-corrected chi connectivity index (χ3v) is 3.94. The molecule has 0 saturated heterocycles. The highest BCUT2D eigenvalue weighted by Gasteiger charge is 2.41. The van der Waals surface area contributed by atoms with Crippen molar-refractivity contribution in [1.82, 2.24) is 0 Å². The van der Waals surface area contributed by atoms with Crippen LogP contribution in [0.2, 0.25) is 0 Å². The summed E-state index contributed by atoms with van der Waals surface area (Å²) in [5.74, 6) is -3.86. The Bertz CT molecular complexity index is 830. The summed E-state index contributed by atoms with van der Waals surface area (Å²) in [7, 11) is 1.12. The van der Waals surface area contributed by atoms with Crippen molar-refractivity contribution in [2.75, 3.05) is 7.11 Å². The normalized spacial score (nSPS) is 19.8. The summed E-state index contributed by atoms with van der Waals surface area (Å²) in [5, 5.41) is 31.2. The van der Waals surface area contributed by atoms with E-state index in [1.807, 2.05) is 0 Å². The van der Waals surface area contributed by atoms with Crippen molar-refractivity contribution in [3.8, 4) is 11.5 Å². The third-order valence-electron chi connectivity index (χ3n) is 3.94. The van der Waals surface area contributed by atoms with Gasteiger partial charge < -0.3 is 24.8 Å². The smallest absolute Gasteiger partial charge is 0.272 e. The Balaban J connectivity index is 2.47. The number of allylic oxidation sites excluding steroid dienone is 2. The number of fused-ring (bicyclic) bond motifs is 2. The molecule has 0 radical (unpaired) electrons. The second kappa shape index (κ2) is 4.77. The van der Waals surface area contributed by atoms with Gasteiger partial charge in [0.25, 0.3) is 5.78 Å². The first-order valence-electron chi connectivity index (χ1n) is 6.82. The molecule has 0 bridgehead atoms. The summed E-state index contributed by atoms with van der Waals surface area (Å²) in [5.41, 5.74) is -0.364. The summed E-state index contributed by atoms with van der Waals surface area (Å²) in [6.45, 7) is 3.30. The summed E-state index contributed by atoms with van der Waals surface area (Å²) in [4.78, 5) is 24.2. The average molecular weight is 318 g/mol. The van der Waals surface area contributed by atoms with Gasteiger partial charge >= 0.3 is 0 Å². The number of ketones is 2. The molecule has 23 heavy (non-hydrogen) atoms. The first-order valence-corrected chi connectivity index (χ1v) is 6.82. The molecule has 0 amide bonds. The Morgan fingerprint density at radius 2 is 1.74 bits per heavy atom. The molecule has 7 nitrogen and oxygen atoms in total. The largest absolute Gasteiger partial charge is 0.507 e. The minimum Gasteiger partial charge on any atom is -0.507 e. The maximum Gasteiger partial charge on any atom is 0.272 e. The van der Waals surface area contributed by atoms with Crippen molar-refractivity contribution < 1.29 is 34.4 Å². The maximum absolute atomic E-state index is 12.3. The summed E-state index contributed by atoms with van der Waals surface area (Å²) < 4.78 is 10.2. The Labute approximate surface area is 131 Å². The lowest BCUT2D eigenvalue weighted by atomic mass is 9.84. The van der Waals surface area contributed by atoms with E-state index in [1.54, 1.807) is 13.8 Å². The minimum atomic E-state index is -1.09. The monoisotopic (exact) mass is 318 g/mol. The Morgan fingerprint density at radius 1 is 1.09 bits per heavy atom. The van der Waals surface area contributed by atoms with Crippen molar-refractivity contribution in [3.63, 3.8) is 0 Å². The molecule has 1 heterocycles. The molecular formula is C16H14O7. The van der Waals surface area contributed by atoms with Gasteiger partial charge in [-0.1, -0.05) is 0 Å². The highest BCUT2D eigenvalue weighted by molar-refractivity contribution is 6.52. The summed E-state index contributed by atoms with van der Waals surface area (Å²) >= 11 is 0. The fraction of sp³-hybridized carbons (Fsp3) is 0.250. The molecule has 3 N–H and O–H groups in total. The number of ether oxygens (including phenoxy) is 2. The van der Waals surface area contributed by atoms with Crippen molar-refractivity contribution in [2.24, 2.45) is 0 Å². The number of benzene rings is 1. The number of phenolic OH excluding ortho intramolecular Hbond substituents is 2. The molecule has 1 aromatic rings. The Morgan fingerprint density at radius 3 is 2.35 bits per heavy atom. The van der Waals surface area contributed by atoms with E-state index in [9.17, 15) is 24.9 Å². The number of aromatic hydroxyl groups is 2. The van der Waals surface area contributed by atoms with E-state index in [0.717, 1.165) is 7.11 Å². The lowest BCUT2D eigenvalue weighted by molar-refractivity contribution is -0.114. The van der Waals surface area contributed by atoms with Gasteiger partial charge in [0.1, 0.15) is 17.6 Å². The van der Waals surface area contributed by atoms with E-state index >= 15 is 0 Å². The summed E-state index contributed by atoms with van der Waals surface area (Å²) in [6.07, 6.45) is 0.840. The van der Waals surface area contributed by atoms with E-state index < -0.39 is 46.3 Å². The number of phenols is 2. The molecule has 1 atom stereocenters. The van der Waals surface area contributed by atoms with Crippen LogP contribution in [0.15, 0.2) is 11.5 Å². The van der Waals surface area contributed by atoms with Gasteiger partial charge in [-0.15, -0.1) is 0 Å². The number of Topliss-reactive ketones (excluding diaryl/α,β-unsaturated/α-hetero) is 2. The van der Waals surface area contributed by atoms with E-state index in [2.05, 4.69) is 0 Å². The number of aliphatic hydroxyl groups excluding tert-OH is 1. The third kappa shape index (κ3) is 1.82. The number of hydrogen-bond acceptors (Lipinski definition) is 7. The number of rotatable bonds is 1. The lowest BCUT2D eigenvalue weighted by Crippen LogP contribution is -2.26. The number of methoxy groups -OCH3 is 1. The van der Waals surface area contributed by atoms with E-state index in [1.165, 1.54) is 6.08 Å². The second-order valence-corrected chi connectivity index (χ2v) is 5.33. The molecule has 7 heteroatoms. The molecule has 1 aromatic carbocycles. The van der Waals surface area contributed by atoms with Gasteiger partial charge in [-0.2, -0.15) is 0 Å². The van der Waals surface area contributed by atoms with Crippen molar-refractivity contribution in [1.29, 1.82) is 0 Å². The maximum atomic E-state index is 12.3. The standard InChI is InChI=1S/C16H14O7/c1-5-4-7-8(6(2)23-5)12(18)10-9(11(7)17)13(19)15(21)16(22-3)14(10)20/h4,6,17-18,20H,1-3H3/t6-/m1/s1. The molecule has 1 aliphatic carbocycles. The highest BCUT2D eigenvalue weighted by atomic mass is 16.5. The van der Waals surface area contributed by atoms with E-state index in [-0.39, 0.29) is 16.7 Å². The highest BCUT2D eigenvalue weighted by Crippen LogP contribution is 2.49. The van der Waals surface area contributed by atoms with Crippen molar-refractivity contribution >= 4 is 23.4 Å². The van der Waals surface area contributed by atoms with Crippen LogP contribution in [0.3, 0.4) is 0 Å². The summed E-state index contributed by atoms with van der Waals surface area (Å²) in [6, 6.07) is 0. The zero-order valence-corrected chi connectivity index (χ0v) is 12.6. The average Bonchev–Trinajstić information content (AvgIpc) is 2.48. The van der Waals surface area contributed by atoms with Crippen LogP contribution in [0.25, 0.3) is 11.8 Å².